The molecule has 3 N–H and O–H groups in total. The minimum atomic E-state index is -0.212. The molecular formula is C10H20N2O2. The van der Waals surface area contributed by atoms with Crippen LogP contribution in [0, 0.1) is 0 Å². The Hall–Kier alpha value is -0.610. The van der Waals surface area contributed by atoms with E-state index in [1.165, 1.54) is 6.42 Å². The van der Waals surface area contributed by atoms with Gasteiger partial charge < -0.3 is 15.8 Å². The summed E-state index contributed by atoms with van der Waals surface area (Å²) in [6.45, 7) is 2.63. The van der Waals surface area contributed by atoms with E-state index in [1.807, 2.05) is 0 Å². The molecule has 1 aliphatic rings. The second kappa shape index (κ2) is 6.79. The van der Waals surface area contributed by atoms with E-state index < -0.39 is 0 Å². The van der Waals surface area contributed by atoms with E-state index in [1.54, 1.807) is 0 Å². The molecular weight excluding hydrogens is 180 g/mol. The summed E-state index contributed by atoms with van der Waals surface area (Å²) in [4.78, 5) is 10.5. The van der Waals surface area contributed by atoms with Crippen LogP contribution in [0.25, 0.3) is 0 Å². The Balaban J connectivity index is 2.01. The van der Waals surface area contributed by atoms with Gasteiger partial charge in [-0.3, -0.25) is 4.79 Å². The van der Waals surface area contributed by atoms with Crippen LogP contribution >= 0.6 is 0 Å². The quantitative estimate of drug-likeness (QED) is 0.632. The molecule has 1 fully saturated rings. The zero-order valence-corrected chi connectivity index (χ0v) is 8.63. The van der Waals surface area contributed by atoms with E-state index in [4.69, 9.17) is 10.5 Å². The van der Waals surface area contributed by atoms with E-state index in [9.17, 15) is 4.79 Å². The number of carbonyl (C=O) groups is 1. The first kappa shape index (κ1) is 11.5. The second-order valence-electron chi connectivity index (χ2n) is 3.76. The maximum Gasteiger partial charge on any atom is 0.217 e. The van der Waals surface area contributed by atoms with Crippen molar-refractivity contribution in [2.45, 2.75) is 38.1 Å². The van der Waals surface area contributed by atoms with Crippen LogP contribution in [0.1, 0.15) is 32.1 Å². The maximum atomic E-state index is 10.5. The number of nitrogens with one attached hydrogen (secondary N) is 1. The molecule has 0 spiro atoms. The van der Waals surface area contributed by atoms with Gasteiger partial charge in [0.05, 0.1) is 0 Å². The summed E-state index contributed by atoms with van der Waals surface area (Å²) in [5, 5.41) is 3.43. The highest BCUT2D eigenvalue weighted by Gasteiger charge is 2.10. The summed E-state index contributed by atoms with van der Waals surface area (Å²) in [6, 6.07) is 0.561. The molecule has 1 amide bonds. The first-order valence-corrected chi connectivity index (χ1v) is 5.38. The molecule has 4 heteroatoms. The van der Waals surface area contributed by atoms with Crippen molar-refractivity contribution in [1.82, 2.24) is 5.32 Å². The van der Waals surface area contributed by atoms with Crippen LogP contribution in [0.3, 0.4) is 0 Å². The number of hydrogen-bond acceptors (Lipinski definition) is 3. The molecule has 1 aliphatic heterocycles. The molecule has 0 aromatic carbocycles. The minimum Gasteiger partial charge on any atom is -0.381 e. The summed E-state index contributed by atoms with van der Waals surface area (Å²) in [5.41, 5.74) is 5.05. The molecule has 0 saturated carbocycles. The molecule has 1 unspecified atom stereocenters. The van der Waals surface area contributed by atoms with Gasteiger partial charge in [0.1, 0.15) is 0 Å². The molecule has 1 heterocycles. The fourth-order valence-electron chi connectivity index (χ4n) is 1.68. The van der Waals surface area contributed by atoms with E-state index in [0.29, 0.717) is 12.5 Å². The summed E-state index contributed by atoms with van der Waals surface area (Å²) < 4.78 is 5.36. The standard InChI is InChI=1S/C10H20N2O2/c11-10(13)4-1-6-12-9-3-2-7-14-8-5-9/h9,12H,1-8H2,(H2,11,13). The third kappa shape index (κ3) is 5.19. The molecule has 1 atom stereocenters. The number of primary amides is 1. The molecule has 1 saturated heterocycles. The van der Waals surface area contributed by atoms with Gasteiger partial charge in [-0.25, -0.2) is 0 Å². The number of hydrogen-bond donors (Lipinski definition) is 2. The molecule has 0 radical (unpaired) electrons. The average molecular weight is 200 g/mol. The van der Waals surface area contributed by atoms with Gasteiger partial charge in [-0.15, -0.1) is 0 Å². The van der Waals surface area contributed by atoms with Crippen LogP contribution in [-0.4, -0.2) is 31.7 Å². The van der Waals surface area contributed by atoms with Crippen LogP contribution in [0.2, 0.25) is 0 Å². The van der Waals surface area contributed by atoms with Crippen molar-refractivity contribution in [1.29, 1.82) is 0 Å². The topological polar surface area (TPSA) is 64.4 Å². The molecule has 82 valence electrons. The Kier molecular flexibility index (Phi) is 5.56. The zero-order valence-electron chi connectivity index (χ0n) is 8.63. The monoisotopic (exact) mass is 200 g/mol. The van der Waals surface area contributed by atoms with Gasteiger partial charge in [0.25, 0.3) is 0 Å². The third-order valence-corrected chi connectivity index (χ3v) is 2.48. The smallest absolute Gasteiger partial charge is 0.217 e. The Morgan fingerprint density at radius 2 is 2.29 bits per heavy atom. The Bertz CT molecular complexity index is 166. The largest absolute Gasteiger partial charge is 0.381 e. The molecule has 14 heavy (non-hydrogen) atoms. The number of carbonyl (C=O) groups excluding carboxylic acids is 1. The van der Waals surface area contributed by atoms with Gasteiger partial charge in [0, 0.05) is 25.7 Å². The Morgan fingerprint density at radius 1 is 1.43 bits per heavy atom. The van der Waals surface area contributed by atoms with E-state index in [0.717, 1.165) is 39.0 Å². The lowest BCUT2D eigenvalue weighted by Gasteiger charge is -2.14. The van der Waals surface area contributed by atoms with Crippen LogP contribution in [0.15, 0.2) is 0 Å². The molecule has 0 aromatic heterocycles. The van der Waals surface area contributed by atoms with Crippen molar-refractivity contribution in [2.75, 3.05) is 19.8 Å². The van der Waals surface area contributed by atoms with Crippen LogP contribution in [0.4, 0.5) is 0 Å². The van der Waals surface area contributed by atoms with Crippen LogP contribution in [-0.2, 0) is 9.53 Å². The highest BCUT2D eigenvalue weighted by atomic mass is 16.5. The predicted octanol–water partition coefficient (Wildman–Crippen LogP) is 0.411. The highest BCUT2D eigenvalue weighted by molar-refractivity contribution is 5.73. The lowest BCUT2D eigenvalue weighted by atomic mass is 10.1. The molecule has 1 rings (SSSR count). The molecule has 0 aliphatic carbocycles. The van der Waals surface area contributed by atoms with Gasteiger partial charge in [0.2, 0.25) is 5.91 Å². The van der Waals surface area contributed by atoms with Gasteiger partial charge >= 0.3 is 0 Å². The number of nitrogens with two attached hydrogens (primary N) is 1. The summed E-state index contributed by atoms with van der Waals surface area (Å²) in [7, 11) is 0. The second-order valence-corrected chi connectivity index (χ2v) is 3.76. The van der Waals surface area contributed by atoms with Crippen molar-refractivity contribution in [3.8, 4) is 0 Å². The number of amides is 1. The van der Waals surface area contributed by atoms with Gasteiger partial charge in [-0.1, -0.05) is 0 Å². The van der Waals surface area contributed by atoms with Crippen molar-refractivity contribution in [3.05, 3.63) is 0 Å². The minimum absolute atomic E-state index is 0.212. The van der Waals surface area contributed by atoms with Crippen molar-refractivity contribution >= 4 is 5.91 Å². The first-order chi connectivity index (χ1) is 6.79. The summed E-state index contributed by atoms with van der Waals surface area (Å²) in [6.07, 6.45) is 4.71. The van der Waals surface area contributed by atoms with Crippen molar-refractivity contribution < 1.29 is 9.53 Å². The van der Waals surface area contributed by atoms with Crippen LogP contribution in [0.5, 0.6) is 0 Å². The van der Waals surface area contributed by atoms with Gasteiger partial charge in [-0.2, -0.15) is 0 Å². The lowest BCUT2D eigenvalue weighted by molar-refractivity contribution is -0.118. The number of ether oxygens (including phenoxy) is 1. The normalized spacial score (nSPS) is 23.0. The predicted molar refractivity (Wildman–Crippen MR) is 54.9 cm³/mol. The number of rotatable bonds is 5. The Morgan fingerprint density at radius 3 is 3.07 bits per heavy atom. The molecule has 4 nitrogen and oxygen atoms in total. The van der Waals surface area contributed by atoms with Crippen molar-refractivity contribution in [3.63, 3.8) is 0 Å². The van der Waals surface area contributed by atoms with Crippen LogP contribution < -0.4 is 11.1 Å². The van der Waals surface area contributed by atoms with Gasteiger partial charge in [-0.05, 0) is 32.2 Å². The van der Waals surface area contributed by atoms with Gasteiger partial charge in [0.15, 0.2) is 0 Å². The van der Waals surface area contributed by atoms with Crippen molar-refractivity contribution in [2.24, 2.45) is 5.73 Å². The first-order valence-electron chi connectivity index (χ1n) is 5.38. The van der Waals surface area contributed by atoms with E-state index in [2.05, 4.69) is 5.32 Å². The fraction of sp³-hybridized carbons (Fsp3) is 0.900. The SMILES string of the molecule is NC(=O)CCCNC1CCCOCC1. The fourth-order valence-corrected chi connectivity index (χ4v) is 1.68. The summed E-state index contributed by atoms with van der Waals surface area (Å²) in [5.74, 6) is -0.212. The highest BCUT2D eigenvalue weighted by Crippen LogP contribution is 2.07. The molecule has 0 bridgehead atoms. The lowest BCUT2D eigenvalue weighted by Crippen LogP contribution is -2.30. The third-order valence-electron chi connectivity index (χ3n) is 2.48. The zero-order chi connectivity index (χ0) is 10.2. The van der Waals surface area contributed by atoms with E-state index >= 15 is 0 Å². The Labute approximate surface area is 85.2 Å². The summed E-state index contributed by atoms with van der Waals surface area (Å²) >= 11 is 0. The molecule has 0 aromatic rings. The average Bonchev–Trinajstić information content (AvgIpc) is 2.40. The maximum absolute atomic E-state index is 10.5. The van der Waals surface area contributed by atoms with E-state index in [-0.39, 0.29) is 5.91 Å².